The summed E-state index contributed by atoms with van der Waals surface area (Å²) in [6.45, 7) is 6.21. The van der Waals surface area contributed by atoms with E-state index in [9.17, 15) is 4.39 Å². The Morgan fingerprint density at radius 1 is 1.29 bits per heavy atom. The van der Waals surface area contributed by atoms with Gasteiger partial charge < -0.3 is 5.32 Å². The molecule has 1 nitrogen and oxygen atoms in total. The molecule has 0 unspecified atom stereocenters. The van der Waals surface area contributed by atoms with Crippen molar-refractivity contribution in [1.29, 1.82) is 0 Å². The molecule has 0 aromatic heterocycles. The van der Waals surface area contributed by atoms with Crippen molar-refractivity contribution < 1.29 is 4.39 Å². The minimum atomic E-state index is -0.176. The van der Waals surface area contributed by atoms with Crippen molar-refractivity contribution in [3.8, 4) is 0 Å². The summed E-state index contributed by atoms with van der Waals surface area (Å²) >= 11 is 3.43. The monoisotopic (exact) mass is 301 g/mol. The first-order chi connectivity index (χ1) is 8.09. The van der Waals surface area contributed by atoms with Gasteiger partial charge in [0.15, 0.2) is 0 Å². The minimum absolute atomic E-state index is 0.176. The van der Waals surface area contributed by atoms with Gasteiger partial charge in [0.25, 0.3) is 0 Å². The van der Waals surface area contributed by atoms with Crippen molar-refractivity contribution >= 4 is 15.9 Å². The van der Waals surface area contributed by atoms with Crippen molar-refractivity contribution in [2.24, 2.45) is 5.92 Å². The van der Waals surface area contributed by atoms with Gasteiger partial charge in [0.2, 0.25) is 0 Å². The van der Waals surface area contributed by atoms with E-state index in [-0.39, 0.29) is 5.82 Å². The van der Waals surface area contributed by atoms with E-state index in [4.69, 9.17) is 0 Å². The highest BCUT2D eigenvalue weighted by Gasteiger charge is 2.01. The smallest absolute Gasteiger partial charge is 0.123 e. The van der Waals surface area contributed by atoms with Crippen LogP contribution in [0.4, 0.5) is 4.39 Å². The Balaban J connectivity index is 2.20. The standard InChI is InChI=1S/C14H21BrFN/c1-11(2)5-3-4-8-17-10-12-9-13(16)6-7-14(12)15/h6-7,9,11,17H,3-5,8,10H2,1-2H3. The zero-order valence-electron chi connectivity index (χ0n) is 10.6. The van der Waals surface area contributed by atoms with Gasteiger partial charge in [0.05, 0.1) is 0 Å². The Morgan fingerprint density at radius 3 is 2.76 bits per heavy atom. The van der Waals surface area contributed by atoms with Gasteiger partial charge in [0.1, 0.15) is 5.82 Å². The van der Waals surface area contributed by atoms with E-state index >= 15 is 0 Å². The van der Waals surface area contributed by atoms with Crippen LogP contribution >= 0.6 is 15.9 Å². The summed E-state index contributed by atoms with van der Waals surface area (Å²) in [6, 6.07) is 4.80. The highest BCUT2D eigenvalue weighted by molar-refractivity contribution is 9.10. The van der Waals surface area contributed by atoms with Gasteiger partial charge in [-0.25, -0.2) is 4.39 Å². The summed E-state index contributed by atoms with van der Waals surface area (Å²) in [5.41, 5.74) is 0.980. The van der Waals surface area contributed by atoms with Gasteiger partial charge in [-0.2, -0.15) is 0 Å². The van der Waals surface area contributed by atoms with Gasteiger partial charge in [-0.3, -0.25) is 0 Å². The number of nitrogens with one attached hydrogen (secondary N) is 1. The quantitative estimate of drug-likeness (QED) is 0.731. The van der Waals surface area contributed by atoms with Crippen LogP contribution in [0.5, 0.6) is 0 Å². The summed E-state index contributed by atoms with van der Waals surface area (Å²) in [6.07, 6.45) is 3.73. The van der Waals surface area contributed by atoms with Gasteiger partial charge in [-0.05, 0) is 42.6 Å². The molecule has 0 fully saturated rings. The van der Waals surface area contributed by atoms with Crippen LogP contribution < -0.4 is 5.32 Å². The normalized spacial score (nSPS) is 11.1. The van der Waals surface area contributed by atoms with Crippen molar-refractivity contribution in [2.75, 3.05) is 6.54 Å². The van der Waals surface area contributed by atoms with Gasteiger partial charge in [-0.1, -0.05) is 42.6 Å². The maximum absolute atomic E-state index is 13.0. The molecule has 0 saturated carbocycles. The number of hydrogen-bond donors (Lipinski definition) is 1. The first kappa shape index (κ1) is 14.7. The zero-order chi connectivity index (χ0) is 12.7. The van der Waals surface area contributed by atoms with E-state index in [2.05, 4.69) is 35.1 Å². The van der Waals surface area contributed by atoms with Crippen molar-refractivity contribution in [1.82, 2.24) is 5.32 Å². The second kappa shape index (κ2) is 7.83. The molecule has 17 heavy (non-hydrogen) atoms. The average Bonchev–Trinajstić information content (AvgIpc) is 2.27. The summed E-state index contributed by atoms with van der Waals surface area (Å²) in [4.78, 5) is 0. The molecule has 1 aromatic rings. The molecule has 0 aliphatic rings. The van der Waals surface area contributed by atoms with Crippen LogP contribution in [0.15, 0.2) is 22.7 Å². The maximum Gasteiger partial charge on any atom is 0.123 e. The van der Waals surface area contributed by atoms with Crippen LogP contribution in [0.3, 0.4) is 0 Å². The number of halogens is 2. The fourth-order valence-electron chi connectivity index (χ4n) is 1.70. The first-order valence-electron chi connectivity index (χ1n) is 6.24. The summed E-state index contributed by atoms with van der Waals surface area (Å²) in [7, 11) is 0. The third-order valence-corrected chi connectivity index (χ3v) is 3.48. The highest BCUT2D eigenvalue weighted by atomic mass is 79.9. The fourth-order valence-corrected chi connectivity index (χ4v) is 2.09. The Labute approximate surface area is 112 Å². The maximum atomic E-state index is 13.0. The third kappa shape index (κ3) is 6.18. The van der Waals surface area contributed by atoms with Crippen LogP contribution in [0, 0.1) is 11.7 Å². The lowest BCUT2D eigenvalue weighted by Gasteiger charge is -2.08. The molecule has 1 N–H and O–H groups in total. The predicted molar refractivity (Wildman–Crippen MR) is 74.5 cm³/mol. The molecule has 1 rings (SSSR count). The SMILES string of the molecule is CC(C)CCCCNCc1cc(F)ccc1Br. The number of unbranched alkanes of at least 4 members (excludes halogenated alkanes) is 1. The Morgan fingerprint density at radius 2 is 2.06 bits per heavy atom. The van der Waals surface area contributed by atoms with E-state index in [1.807, 2.05) is 0 Å². The Kier molecular flexibility index (Phi) is 6.75. The predicted octanol–water partition coefficient (Wildman–Crippen LogP) is 4.50. The van der Waals surface area contributed by atoms with Gasteiger partial charge >= 0.3 is 0 Å². The van der Waals surface area contributed by atoms with Gasteiger partial charge in [-0.15, -0.1) is 0 Å². The van der Waals surface area contributed by atoms with Crippen LogP contribution in [-0.4, -0.2) is 6.54 Å². The second-order valence-corrected chi connectivity index (χ2v) is 5.66. The van der Waals surface area contributed by atoms with Crippen LogP contribution in [-0.2, 0) is 6.54 Å². The van der Waals surface area contributed by atoms with E-state index < -0.39 is 0 Å². The van der Waals surface area contributed by atoms with Crippen molar-refractivity contribution in [2.45, 2.75) is 39.7 Å². The zero-order valence-corrected chi connectivity index (χ0v) is 12.2. The van der Waals surface area contributed by atoms with Crippen molar-refractivity contribution in [3.05, 3.63) is 34.1 Å². The Hall–Kier alpha value is -0.410. The summed E-state index contributed by atoms with van der Waals surface area (Å²) < 4.78 is 14.0. The molecular formula is C14H21BrFN. The molecule has 3 heteroatoms. The van der Waals surface area contributed by atoms with Gasteiger partial charge in [0, 0.05) is 11.0 Å². The average molecular weight is 302 g/mol. The number of hydrogen-bond acceptors (Lipinski definition) is 1. The molecule has 0 atom stereocenters. The van der Waals surface area contributed by atoms with Crippen molar-refractivity contribution in [3.63, 3.8) is 0 Å². The summed E-state index contributed by atoms with van der Waals surface area (Å²) in [5.74, 6) is 0.608. The highest BCUT2D eigenvalue weighted by Crippen LogP contribution is 2.17. The number of benzene rings is 1. The lowest BCUT2D eigenvalue weighted by molar-refractivity contribution is 0.520. The minimum Gasteiger partial charge on any atom is -0.313 e. The van der Waals surface area contributed by atoms with E-state index in [1.165, 1.54) is 25.3 Å². The summed E-state index contributed by atoms with van der Waals surface area (Å²) in [5, 5.41) is 3.35. The van der Waals surface area contributed by atoms with Crippen LogP contribution in [0.2, 0.25) is 0 Å². The largest absolute Gasteiger partial charge is 0.313 e. The molecule has 0 amide bonds. The molecule has 1 aromatic carbocycles. The molecule has 0 heterocycles. The van der Waals surface area contributed by atoms with Crippen LogP contribution in [0.1, 0.15) is 38.7 Å². The number of rotatable bonds is 7. The topological polar surface area (TPSA) is 12.0 Å². The molecule has 0 aliphatic heterocycles. The molecule has 0 bridgehead atoms. The lowest BCUT2D eigenvalue weighted by Crippen LogP contribution is -2.15. The van der Waals surface area contributed by atoms with E-state index in [0.29, 0.717) is 0 Å². The first-order valence-corrected chi connectivity index (χ1v) is 7.03. The fraction of sp³-hybridized carbons (Fsp3) is 0.571. The molecule has 0 spiro atoms. The molecule has 0 saturated heterocycles. The third-order valence-electron chi connectivity index (χ3n) is 2.71. The molecular weight excluding hydrogens is 281 g/mol. The Bertz CT molecular complexity index is 339. The van der Waals surface area contributed by atoms with Crippen LogP contribution in [0.25, 0.3) is 0 Å². The molecule has 0 radical (unpaired) electrons. The lowest BCUT2D eigenvalue weighted by atomic mass is 10.1. The van der Waals surface area contributed by atoms with E-state index in [1.54, 1.807) is 12.1 Å². The molecule has 0 aliphatic carbocycles. The second-order valence-electron chi connectivity index (χ2n) is 4.80. The van der Waals surface area contributed by atoms with E-state index in [0.717, 1.165) is 29.0 Å². The molecule has 96 valence electrons.